The molecule has 3 aromatic carbocycles. The van der Waals surface area contributed by atoms with E-state index in [1.165, 1.54) is 12.1 Å². The fourth-order valence-corrected chi connectivity index (χ4v) is 3.95. The van der Waals surface area contributed by atoms with Crippen LogP contribution in [0.25, 0.3) is 0 Å². The van der Waals surface area contributed by atoms with Crippen LogP contribution >= 0.6 is 0 Å². The van der Waals surface area contributed by atoms with Crippen LogP contribution in [0, 0.1) is 13.8 Å². The molecule has 2 N–H and O–H groups in total. The third kappa shape index (κ3) is 6.33. The van der Waals surface area contributed by atoms with Gasteiger partial charge in [-0.05, 0) is 63.2 Å². The number of hydrogen-bond acceptors (Lipinski definition) is 4. The molecule has 162 valence electrons. The highest BCUT2D eigenvalue weighted by Crippen LogP contribution is 2.18. The maximum Gasteiger partial charge on any atom is 0.261 e. The monoisotopic (exact) mass is 438 g/mol. The van der Waals surface area contributed by atoms with Crippen LogP contribution in [0.1, 0.15) is 28.4 Å². The summed E-state index contributed by atoms with van der Waals surface area (Å²) in [5.74, 6) is 0.356. The first-order valence-electron chi connectivity index (χ1n) is 9.93. The second kappa shape index (κ2) is 9.66. The Hall–Kier alpha value is -3.32. The van der Waals surface area contributed by atoms with Crippen LogP contribution in [0.5, 0.6) is 5.75 Å². The molecule has 0 spiro atoms. The second-order valence-electron chi connectivity index (χ2n) is 7.50. The number of nitrogens with one attached hydrogen (secondary N) is 2. The number of ether oxygens (including phenoxy) is 1. The van der Waals surface area contributed by atoms with Crippen molar-refractivity contribution in [1.29, 1.82) is 0 Å². The molecule has 0 radical (unpaired) electrons. The summed E-state index contributed by atoms with van der Waals surface area (Å²) < 4.78 is 33.6. The number of rotatable bonds is 8. The molecule has 0 aliphatic heterocycles. The number of anilines is 1. The van der Waals surface area contributed by atoms with Crippen molar-refractivity contribution >= 4 is 21.6 Å². The van der Waals surface area contributed by atoms with E-state index in [0.29, 0.717) is 12.3 Å². The summed E-state index contributed by atoms with van der Waals surface area (Å²) in [6.07, 6.45) is 0. The molecule has 1 atom stereocenters. The third-order valence-corrected chi connectivity index (χ3v) is 5.99. The minimum Gasteiger partial charge on any atom is -0.491 e. The molecule has 0 aromatic heterocycles. The van der Waals surface area contributed by atoms with Crippen LogP contribution in [0.3, 0.4) is 0 Å². The largest absolute Gasteiger partial charge is 0.491 e. The Morgan fingerprint density at radius 3 is 2.19 bits per heavy atom. The lowest BCUT2D eigenvalue weighted by molar-refractivity contribution is 0.0926. The Labute approximate surface area is 183 Å². The number of benzene rings is 3. The van der Waals surface area contributed by atoms with Gasteiger partial charge in [0.2, 0.25) is 0 Å². The molecular formula is C24H26N2O4S. The van der Waals surface area contributed by atoms with Gasteiger partial charge in [-0.2, -0.15) is 0 Å². The quantitative estimate of drug-likeness (QED) is 0.549. The van der Waals surface area contributed by atoms with Gasteiger partial charge >= 0.3 is 0 Å². The van der Waals surface area contributed by atoms with E-state index in [2.05, 4.69) is 10.0 Å². The van der Waals surface area contributed by atoms with E-state index in [0.717, 1.165) is 16.9 Å². The molecule has 7 heteroatoms. The Morgan fingerprint density at radius 2 is 1.55 bits per heavy atom. The number of carbonyl (C=O) groups is 1. The van der Waals surface area contributed by atoms with E-state index in [4.69, 9.17) is 4.74 Å². The third-order valence-electron chi connectivity index (χ3n) is 4.61. The van der Waals surface area contributed by atoms with Gasteiger partial charge in [-0.15, -0.1) is 0 Å². The summed E-state index contributed by atoms with van der Waals surface area (Å²) in [5, 5.41) is 2.83. The molecule has 0 aliphatic rings. The zero-order valence-electron chi connectivity index (χ0n) is 17.8. The molecule has 31 heavy (non-hydrogen) atoms. The van der Waals surface area contributed by atoms with Crippen molar-refractivity contribution in [2.75, 3.05) is 11.3 Å². The number of sulfonamides is 1. The number of aryl methyl sites for hydroxylation is 2. The van der Waals surface area contributed by atoms with Gasteiger partial charge in [0.25, 0.3) is 15.9 Å². The smallest absolute Gasteiger partial charge is 0.261 e. The normalized spacial score (nSPS) is 12.1. The number of hydrogen-bond donors (Lipinski definition) is 2. The molecule has 0 aliphatic carbocycles. The highest BCUT2D eigenvalue weighted by molar-refractivity contribution is 7.92. The maximum absolute atomic E-state index is 12.7. The summed E-state index contributed by atoms with van der Waals surface area (Å²) in [7, 11) is -3.82. The standard InChI is InChI=1S/C24H26N2O4S/c1-17-7-11-21(12-8-17)26-31(28,29)23-6-4-5-20(15-23)24(27)25-19(3)16-30-22-13-9-18(2)10-14-22/h4-15,19,26H,16H2,1-3H3,(H,25,27)/t19-/m1/s1. The Kier molecular flexibility index (Phi) is 6.97. The summed E-state index contributed by atoms with van der Waals surface area (Å²) in [6.45, 7) is 6.04. The van der Waals surface area contributed by atoms with Crippen LogP contribution in [0.15, 0.2) is 77.7 Å². The fourth-order valence-electron chi connectivity index (χ4n) is 2.84. The zero-order valence-corrected chi connectivity index (χ0v) is 18.6. The van der Waals surface area contributed by atoms with Gasteiger partial charge in [-0.1, -0.05) is 41.5 Å². The molecule has 0 fully saturated rings. The van der Waals surface area contributed by atoms with Gasteiger partial charge in [0.15, 0.2) is 0 Å². The SMILES string of the molecule is Cc1ccc(NS(=O)(=O)c2cccc(C(=O)N[C@H](C)COc3ccc(C)cc3)c2)cc1. The summed E-state index contributed by atoms with van der Waals surface area (Å²) in [6, 6.07) is 20.4. The molecule has 0 unspecified atom stereocenters. The van der Waals surface area contributed by atoms with Crippen molar-refractivity contribution in [3.05, 3.63) is 89.5 Å². The minimum absolute atomic E-state index is 0.0179. The molecule has 6 nitrogen and oxygen atoms in total. The molecule has 3 aromatic rings. The minimum atomic E-state index is -3.82. The molecular weight excluding hydrogens is 412 g/mol. The van der Waals surface area contributed by atoms with Gasteiger partial charge in [0, 0.05) is 11.3 Å². The Bertz CT molecular complexity index is 1140. The number of amides is 1. The lowest BCUT2D eigenvalue weighted by Crippen LogP contribution is -2.36. The maximum atomic E-state index is 12.7. The average Bonchev–Trinajstić information content (AvgIpc) is 2.75. The first kappa shape index (κ1) is 22.4. The summed E-state index contributed by atoms with van der Waals surface area (Å²) in [5.41, 5.74) is 2.89. The predicted molar refractivity (Wildman–Crippen MR) is 122 cm³/mol. The van der Waals surface area contributed by atoms with Crippen LogP contribution in [0.4, 0.5) is 5.69 Å². The fraction of sp³-hybridized carbons (Fsp3) is 0.208. The molecule has 1 amide bonds. The predicted octanol–water partition coefficient (Wildman–Crippen LogP) is 4.30. The van der Waals surface area contributed by atoms with E-state index in [1.54, 1.807) is 24.3 Å². The van der Waals surface area contributed by atoms with Crippen LogP contribution < -0.4 is 14.8 Å². The highest BCUT2D eigenvalue weighted by Gasteiger charge is 2.17. The molecule has 3 rings (SSSR count). The van der Waals surface area contributed by atoms with Crippen LogP contribution in [0.2, 0.25) is 0 Å². The van der Waals surface area contributed by atoms with Crippen LogP contribution in [-0.2, 0) is 10.0 Å². The molecule has 0 bridgehead atoms. The lowest BCUT2D eigenvalue weighted by Gasteiger charge is -2.16. The topological polar surface area (TPSA) is 84.5 Å². The molecule has 0 heterocycles. The van der Waals surface area contributed by atoms with E-state index in [1.807, 2.05) is 57.2 Å². The average molecular weight is 439 g/mol. The Morgan fingerprint density at radius 1 is 0.935 bits per heavy atom. The number of carbonyl (C=O) groups excluding carboxylic acids is 1. The van der Waals surface area contributed by atoms with E-state index in [-0.39, 0.29) is 22.4 Å². The summed E-state index contributed by atoms with van der Waals surface area (Å²) >= 11 is 0. The Balaban J connectivity index is 1.63. The van der Waals surface area contributed by atoms with Gasteiger partial charge < -0.3 is 10.1 Å². The second-order valence-corrected chi connectivity index (χ2v) is 9.18. The van der Waals surface area contributed by atoms with Crippen molar-refractivity contribution in [2.24, 2.45) is 0 Å². The zero-order chi connectivity index (χ0) is 22.4. The first-order chi connectivity index (χ1) is 14.7. The van der Waals surface area contributed by atoms with Gasteiger partial charge in [-0.25, -0.2) is 8.42 Å². The molecule has 0 saturated carbocycles. The van der Waals surface area contributed by atoms with Crippen molar-refractivity contribution in [3.8, 4) is 5.75 Å². The highest BCUT2D eigenvalue weighted by atomic mass is 32.2. The van der Waals surface area contributed by atoms with E-state index >= 15 is 0 Å². The van der Waals surface area contributed by atoms with Crippen LogP contribution in [-0.4, -0.2) is 27.0 Å². The van der Waals surface area contributed by atoms with Crippen molar-refractivity contribution < 1.29 is 17.9 Å². The van der Waals surface area contributed by atoms with Gasteiger partial charge in [0.1, 0.15) is 12.4 Å². The van der Waals surface area contributed by atoms with Crippen molar-refractivity contribution in [2.45, 2.75) is 31.7 Å². The first-order valence-corrected chi connectivity index (χ1v) is 11.4. The molecule has 0 saturated heterocycles. The van der Waals surface area contributed by atoms with Crippen molar-refractivity contribution in [3.63, 3.8) is 0 Å². The van der Waals surface area contributed by atoms with Crippen molar-refractivity contribution in [1.82, 2.24) is 5.32 Å². The van der Waals surface area contributed by atoms with Gasteiger partial charge in [-0.3, -0.25) is 9.52 Å². The summed E-state index contributed by atoms with van der Waals surface area (Å²) in [4.78, 5) is 12.6. The lowest BCUT2D eigenvalue weighted by atomic mass is 10.2. The van der Waals surface area contributed by atoms with Gasteiger partial charge in [0.05, 0.1) is 10.9 Å². The van der Waals surface area contributed by atoms with E-state index in [9.17, 15) is 13.2 Å². The van der Waals surface area contributed by atoms with E-state index < -0.39 is 10.0 Å².